The SMILES string of the molecule is Nc1ccccc1NC(=O)CCCCCCC(=O)NCc1cccc(-c2ccc([C@@H]3O[C@H](CSc4ncccc4C(=O)O)C[C@H](c4ccc(CO)cc4)O3)cc2)c1. The molecule has 6 N–H and O–H groups in total. The molecule has 1 saturated heterocycles. The van der Waals surface area contributed by atoms with Gasteiger partial charge < -0.3 is 36.1 Å². The van der Waals surface area contributed by atoms with Crippen LogP contribution in [0.5, 0.6) is 0 Å². The third-order valence-electron chi connectivity index (χ3n) is 9.75. The van der Waals surface area contributed by atoms with Gasteiger partial charge in [-0.05, 0) is 71.0 Å². The molecule has 0 aliphatic carbocycles. The number of aliphatic hydroxyl groups is 1. The van der Waals surface area contributed by atoms with Crippen molar-refractivity contribution in [1.82, 2.24) is 10.3 Å². The number of carbonyl (C=O) groups is 3. The Morgan fingerprint density at radius 2 is 1.51 bits per heavy atom. The number of ether oxygens (including phenoxy) is 2. The smallest absolute Gasteiger partial charge is 0.338 e. The first-order valence-electron chi connectivity index (χ1n) is 19.2. The van der Waals surface area contributed by atoms with Crippen LogP contribution in [0.4, 0.5) is 11.4 Å². The minimum absolute atomic E-state index is 0.00348. The van der Waals surface area contributed by atoms with Crippen LogP contribution in [0.25, 0.3) is 11.1 Å². The van der Waals surface area contributed by atoms with E-state index >= 15 is 0 Å². The van der Waals surface area contributed by atoms with Crippen LogP contribution in [-0.2, 0) is 32.2 Å². The lowest BCUT2D eigenvalue weighted by Crippen LogP contribution is -2.31. The van der Waals surface area contributed by atoms with Gasteiger partial charge in [0, 0.05) is 43.3 Å². The molecule has 1 aliphatic heterocycles. The lowest BCUT2D eigenvalue weighted by molar-refractivity contribution is -0.245. The maximum absolute atomic E-state index is 12.6. The summed E-state index contributed by atoms with van der Waals surface area (Å²) in [5, 5.41) is 25.5. The van der Waals surface area contributed by atoms with Gasteiger partial charge >= 0.3 is 5.97 Å². The summed E-state index contributed by atoms with van der Waals surface area (Å²) < 4.78 is 13.0. The molecule has 0 unspecified atom stereocenters. The highest BCUT2D eigenvalue weighted by molar-refractivity contribution is 7.99. The monoisotopic (exact) mass is 788 g/mol. The zero-order chi connectivity index (χ0) is 40.0. The number of carboxylic acid groups (broad SMARTS) is 1. The number of rotatable bonds is 18. The van der Waals surface area contributed by atoms with E-state index in [9.17, 15) is 24.6 Å². The summed E-state index contributed by atoms with van der Waals surface area (Å²) in [6, 6.07) is 34.1. The summed E-state index contributed by atoms with van der Waals surface area (Å²) in [4.78, 5) is 40.9. The van der Waals surface area contributed by atoms with E-state index in [1.165, 1.54) is 11.8 Å². The summed E-state index contributed by atoms with van der Waals surface area (Å²) in [7, 11) is 0. The fourth-order valence-electron chi connectivity index (χ4n) is 6.59. The molecule has 57 heavy (non-hydrogen) atoms. The molecule has 6 rings (SSSR count). The highest BCUT2D eigenvalue weighted by Crippen LogP contribution is 2.40. The van der Waals surface area contributed by atoms with Gasteiger partial charge in [0.15, 0.2) is 6.29 Å². The molecule has 2 heterocycles. The third-order valence-corrected chi connectivity index (χ3v) is 10.9. The fraction of sp³-hybridized carbons (Fsp3) is 0.289. The van der Waals surface area contributed by atoms with Gasteiger partial charge in [-0.15, -0.1) is 11.8 Å². The Balaban J connectivity index is 0.999. The first-order valence-corrected chi connectivity index (χ1v) is 20.2. The van der Waals surface area contributed by atoms with Crippen LogP contribution >= 0.6 is 11.8 Å². The number of aromatic nitrogens is 1. The predicted molar refractivity (Wildman–Crippen MR) is 221 cm³/mol. The molecule has 0 radical (unpaired) electrons. The van der Waals surface area contributed by atoms with Crippen molar-refractivity contribution >= 4 is 40.9 Å². The number of aliphatic hydroxyl groups excluding tert-OH is 1. The Kier molecular flexibility index (Phi) is 14.8. The van der Waals surface area contributed by atoms with E-state index in [2.05, 4.69) is 21.7 Å². The molecule has 0 bridgehead atoms. The molecule has 3 atom stereocenters. The number of para-hydroxylation sites is 2. The van der Waals surface area contributed by atoms with Crippen molar-refractivity contribution in [2.24, 2.45) is 0 Å². The van der Waals surface area contributed by atoms with E-state index in [1.807, 2.05) is 78.9 Å². The molecule has 296 valence electrons. The molecule has 5 aromatic rings. The van der Waals surface area contributed by atoms with Gasteiger partial charge in [0.2, 0.25) is 11.8 Å². The quantitative estimate of drug-likeness (QED) is 0.0329. The normalized spacial score (nSPS) is 16.5. The number of nitrogen functional groups attached to an aromatic ring is 1. The molecular weight excluding hydrogens is 741 g/mol. The standard InChI is InChI=1S/C45H48N4O7S/c46-38-12-5-6-13-39(38)49-42(52)15-4-2-1-3-14-41(51)48-27-31-9-7-10-35(25-31)32-20-22-34(23-21-32)45-55-36(29-57-43-37(44(53)54)11-8-24-47-43)26-40(56-45)33-18-16-30(28-50)17-19-33/h5-13,16-25,36,40,45,50H,1-4,14-15,26-29,46H2,(H,48,51)(H,49,52)(H,53,54)/t36-,40+,45+/m0/s1. The molecular formula is C45H48N4O7S. The van der Waals surface area contributed by atoms with Crippen LogP contribution in [0, 0.1) is 0 Å². The summed E-state index contributed by atoms with van der Waals surface area (Å²) in [6.45, 7) is 0.374. The van der Waals surface area contributed by atoms with Gasteiger partial charge in [-0.1, -0.05) is 91.7 Å². The zero-order valence-electron chi connectivity index (χ0n) is 31.6. The van der Waals surface area contributed by atoms with Crippen LogP contribution in [-0.4, -0.2) is 44.8 Å². The van der Waals surface area contributed by atoms with Crippen molar-refractivity contribution in [1.29, 1.82) is 0 Å². The molecule has 11 nitrogen and oxygen atoms in total. The van der Waals surface area contributed by atoms with E-state index in [0.717, 1.165) is 59.1 Å². The summed E-state index contributed by atoms with van der Waals surface area (Å²) >= 11 is 1.35. The van der Waals surface area contributed by atoms with Crippen molar-refractivity contribution in [2.75, 3.05) is 16.8 Å². The topological polar surface area (TPSA) is 173 Å². The number of nitrogens with two attached hydrogens (primary N) is 1. The molecule has 1 fully saturated rings. The van der Waals surface area contributed by atoms with E-state index in [0.29, 0.717) is 48.0 Å². The summed E-state index contributed by atoms with van der Waals surface area (Å²) in [5.74, 6) is -0.609. The van der Waals surface area contributed by atoms with Crippen LogP contribution in [0.15, 0.2) is 120 Å². The summed E-state index contributed by atoms with van der Waals surface area (Å²) in [5.41, 5.74) is 12.8. The fourth-order valence-corrected chi connectivity index (χ4v) is 7.60. The Morgan fingerprint density at radius 3 is 2.25 bits per heavy atom. The number of unbranched alkanes of at least 4 members (excludes halogenated alkanes) is 3. The van der Waals surface area contributed by atoms with Gasteiger partial charge in [0.1, 0.15) is 5.03 Å². The Hall–Kier alpha value is -5.53. The lowest BCUT2D eigenvalue weighted by atomic mass is 9.99. The van der Waals surface area contributed by atoms with Crippen molar-refractivity contribution < 1.29 is 34.1 Å². The third kappa shape index (κ3) is 12.0. The number of pyridine rings is 1. The average Bonchev–Trinajstić information content (AvgIpc) is 3.24. The van der Waals surface area contributed by atoms with Gasteiger partial charge in [-0.25, -0.2) is 9.78 Å². The first-order chi connectivity index (χ1) is 27.7. The molecule has 1 aliphatic rings. The molecule has 12 heteroatoms. The van der Waals surface area contributed by atoms with Crippen LogP contribution in [0.3, 0.4) is 0 Å². The van der Waals surface area contributed by atoms with Crippen LogP contribution < -0.4 is 16.4 Å². The number of hydrogen-bond donors (Lipinski definition) is 5. The molecule has 4 aromatic carbocycles. The van der Waals surface area contributed by atoms with E-state index in [-0.39, 0.29) is 36.2 Å². The predicted octanol–water partition coefficient (Wildman–Crippen LogP) is 8.45. The number of nitrogens with zero attached hydrogens (tertiary/aromatic N) is 1. The number of anilines is 2. The number of carboxylic acids is 1. The van der Waals surface area contributed by atoms with Crippen molar-refractivity contribution in [3.63, 3.8) is 0 Å². The number of hydrogen-bond acceptors (Lipinski definition) is 9. The largest absolute Gasteiger partial charge is 0.478 e. The van der Waals surface area contributed by atoms with Gasteiger partial charge in [-0.3, -0.25) is 9.59 Å². The Morgan fingerprint density at radius 1 is 0.772 bits per heavy atom. The van der Waals surface area contributed by atoms with E-state index in [4.69, 9.17) is 15.2 Å². The van der Waals surface area contributed by atoms with E-state index < -0.39 is 12.3 Å². The second-order valence-electron chi connectivity index (χ2n) is 14.0. The summed E-state index contributed by atoms with van der Waals surface area (Å²) in [6.07, 6.45) is 5.03. The van der Waals surface area contributed by atoms with Gasteiger partial charge in [0.05, 0.1) is 35.8 Å². The number of carbonyl (C=O) groups excluding carboxylic acids is 2. The maximum Gasteiger partial charge on any atom is 0.338 e. The Labute approximate surface area is 337 Å². The van der Waals surface area contributed by atoms with Crippen LogP contribution in [0.2, 0.25) is 0 Å². The van der Waals surface area contributed by atoms with Gasteiger partial charge in [-0.2, -0.15) is 0 Å². The second kappa shape index (κ2) is 20.6. The molecule has 0 saturated carbocycles. The number of thioether (sulfide) groups is 1. The van der Waals surface area contributed by atoms with Crippen molar-refractivity contribution in [3.05, 3.63) is 143 Å². The minimum Gasteiger partial charge on any atom is -0.478 e. The Bertz CT molecular complexity index is 2110. The second-order valence-corrected chi connectivity index (χ2v) is 15.0. The molecule has 0 spiro atoms. The molecule has 1 aromatic heterocycles. The number of aromatic carboxylic acids is 1. The average molecular weight is 789 g/mol. The van der Waals surface area contributed by atoms with Gasteiger partial charge in [0.25, 0.3) is 0 Å². The zero-order valence-corrected chi connectivity index (χ0v) is 32.5. The highest BCUT2D eigenvalue weighted by atomic mass is 32.2. The number of nitrogens with one attached hydrogen (secondary N) is 2. The van der Waals surface area contributed by atoms with Crippen LogP contribution in [0.1, 0.15) is 90.0 Å². The van der Waals surface area contributed by atoms with E-state index in [1.54, 1.807) is 30.5 Å². The van der Waals surface area contributed by atoms with Crippen molar-refractivity contribution in [3.8, 4) is 11.1 Å². The first kappa shape index (κ1) is 41.1. The lowest BCUT2D eigenvalue weighted by Gasteiger charge is -2.36. The number of benzene rings is 4. The maximum atomic E-state index is 12.6. The highest BCUT2D eigenvalue weighted by Gasteiger charge is 2.32. The molecule has 2 amide bonds. The number of amides is 2. The van der Waals surface area contributed by atoms with Crippen molar-refractivity contribution in [2.45, 2.75) is 81.6 Å². The minimum atomic E-state index is -1.03.